The summed E-state index contributed by atoms with van der Waals surface area (Å²) in [5, 5.41) is 0. The van der Waals surface area contributed by atoms with Crippen LogP contribution in [0.1, 0.15) is 85.5 Å². The lowest BCUT2D eigenvalue weighted by atomic mass is 9.85. The summed E-state index contributed by atoms with van der Waals surface area (Å²) in [7, 11) is 1.32. The standard InChI is InChI=1S/C25H40O10/c1-16(26)32-14-8-6-7-9-20(33-17(2)27)10-11-21-22(12-13-25(30)31-5)24(35-19(4)29)15-23(21)34-18(3)28/h20-24H,6-15H2,1-5H3. The number of ether oxygens (including phenoxy) is 5. The molecule has 10 nitrogen and oxygen atoms in total. The molecule has 0 aromatic rings. The maximum atomic E-state index is 11.8. The first-order chi connectivity index (χ1) is 16.5. The molecular formula is C25H40O10. The minimum atomic E-state index is -0.486. The summed E-state index contributed by atoms with van der Waals surface area (Å²) in [4.78, 5) is 57.7. The van der Waals surface area contributed by atoms with Gasteiger partial charge >= 0.3 is 29.8 Å². The highest BCUT2D eigenvalue weighted by Crippen LogP contribution is 2.42. The first-order valence-electron chi connectivity index (χ1n) is 12.2. The van der Waals surface area contributed by atoms with Crippen LogP contribution in [-0.2, 0) is 47.7 Å². The van der Waals surface area contributed by atoms with Gasteiger partial charge in [0.05, 0.1) is 13.7 Å². The number of hydrogen-bond acceptors (Lipinski definition) is 10. The van der Waals surface area contributed by atoms with Gasteiger partial charge in [-0.2, -0.15) is 0 Å². The molecule has 1 fully saturated rings. The molecule has 200 valence electrons. The Bertz CT molecular complexity index is 719. The van der Waals surface area contributed by atoms with Gasteiger partial charge in [-0.05, 0) is 44.9 Å². The Kier molecular flexibility index (Phi) is 14.0. The van der Waals surface area contributed by atoms with Gasteiger partial charge in [-0.25, -0.2) is 0 Å². The quantitative estimate of drug-likeness (QED) is 0.187. The summed E-state index contributed by atoms with van der Waals surface area (Å²) in [5.41, 5.74) is 0. The van der Waals surface area contributed by atoms with E-state index in [2.05, 4.69) is 0 Å². The Labute approximate surface area is 207 Å². The Morgan fingerprint density at radius 2 is 1.34 bits per heavy atom. The number of esters is 5. The Hall–Kier alpha value is -2.65. The number of carbonyl (C=O) groups is 5. The van der Waals surface area contributed by atoms with Crippen molar-refractivity contribution in [3.05, 3.63) is 0 Å². The van der Waals surface area contributed by atoms with Crippen LogP contribution < -0.4 is 0 Å². The predicted octanol–water partition coefficient (Wildman–Crippen LogP) is 3.27. The van der Waals surface area contributed by atoms with Gasteiger partial charge in [0.25, 0.3) is 0 Å². The zero-order valence-electron chi connectivity index (χ0n) is 21.5. The molecule has 35 heavy (non-hydrogen) atoms. The van der Waals surface area contributed by atoms with Gasteiger partial charge in [0.1, 0.15) is 18.3 Å². The van der Waals surface area contributed by atoms with Crippen molar-refractivity contribution in [1.29, 1.82) is 0 Å². The smallest absolute Gasteiger partial charge is 0.305 e. The molecule has 0 saturated heterocycles. The maximum absolute atomic E-state index is 11.8. The van der Waals surface area contributed by atoms with Crippen LogP contribution in [0.25, 0.3) is 0 Å². The average molecular weight is 501 g/mol. The number of carbonyl (C=O) groups excluding carboxylic acids is 5. The summed E-state index contributed by atoms with van der Waals surface area (Å²) < 4.78 is 26.3. The molecule has 0 aliphatic heterocycles. The van der Waals surface area contributed by atoms with Crippen LogP contribution in [0, 0.1) is 11.8 Å². The molecule has 0 radical (unpaired) electrons. The average Bonchev–Trinajstić information content (AvgIpc) is 3.05. The van der Waals surface area contributed by atoms with Gasteiger partial charge < -0.3 is 23.7 Å². The summed E-state index contributed by atoms with van der Waals surface area (Å²) in [5.74, 6) is -2.30. The summed E-state index contributed by atoms with van der Waals surface area (Å²) >= 11 is 0. The number of methoxy groups -OCH3 is 1. The molecule has 0 N–H and O–H groups in total. The van der Waals surface area contributed by atoms with E-state index < -0.39 is 24.1 Å². The fourth-order valence-electron chi connectivity index (χ4n) is 4.76. The van der Waals surface area contributed by atoms with E-state index in [0.29, 0.717) is 38.7 Å². The largest absolute Gasteiger partial charge is 0.469 e. The molecule has 0 amide bonds. The van der Waals surface area contributed by atoms with Crippen molar-refractivity contribution >= 4 is 29.8 Å². The van der Waals surface area contributed by atoms with Crippen molar-refractivity contribution in [3.63, 3.8) is 0 Å². The van der Waals surface area contributed by atoms with E-state index in [-0.39, 0.29) is 42.3 Å². The lowest BCUT2D eigenvalue weighted by Crippen LogP contribution is -2.29. The SMILES string of the molecule is COC(=O)CCC1C(OC(C)=O)CC(OC(C)=O)C1CCC(CCCCCOC(C)=O)OC(C)=O. The van der Waals surface area contributed by atoms with Crippen molar-refractivity contribution in [3.8, 4) is 0 Å². The number of hydrogen-bond donors (Lipinski definition) is 0. The third-order valence-electron chi connectivity index (χ3n) is 6.14. The number of unbranched alkanes of at least 4 members (excludes halogenated alkanes) is 2. The molecular weight excluding hydrogens is 460 g/mol. The van der Waals surface area contributed by atoms with Crippen LogP contribution in [0.2, 0.25) is 0 Å². The van der Waals surface area contributed by atoms with Crippen molar-refractivity contribution in [2.75, 3.05) is 13.7 Å². The fourth-order valence-corrected chi connectivity index (χ4v) is 4.76. The lowest BCUT2D eigenvalue weighted by molar-refractivity contribution is -0.150. The molecule has 10 heteroatoms. The van der Waals surface area contributed by atoms with Crippen molar-refractivity contribution in [2.24, 2.45) is 11.8 Å². The Morgan fingerprint density at radius 1 is 0.743 bits per heavy atom. The highest BCUT2D eigenvalue weighted by atomic mass is 16.6. The van der Waals surface area contributed by atoms with Crippen LogP contribution in [0.3, 0.4) is 0 Å². The molecule has 0 bridgehead atoms. The molecule has 1 aliphatic rings. The second-order valence-corrected chi connectivity index (χ2v) is 8.97. The molecule has 0 aromatic heterocycles. The van der Waals surface area contributed by atoms with Crippen LogP contribution in [-0.4, -0.2) is 61.9 Å². The summed E-state index contributed by atoms with van der Waals surface area (Å²) in [6, 6.07) is 0. The predicted molar refractivity (Wildman–Crippen MR) is 124 cm³/mol. The summed E-state index contributed by atoms with van der Waals surface area (Å²) in [6.45, 7) is 5.74. The van der Waals surface area contributed by atoms with Crippen molar-refractivity contribution < 1.29 is 47.7 Å². The summed E-state index contributed by atoms with van der Waals surface area (Å²) in [6.07, 6.45) is 3.71. The van der Waals surface area contributed by atoms with Crippen molar-refractivity contribution in [1.82, 2.24) is 0 Å². The molecule has 1 saturated carbocycles. The van der Waals surface area contributed by atoms with E-state index in [4.69, 9.17) is 23.7 Å². The highest BCUT2D eigenvalue weighted by Gasteiger charge is 2.46. The third-order valence-corrected chi connectivity index (χ3v) is 6.14. The Balaban J connectivity index is 2.86. The van der Waals surface area contributed by atoms with E-state index in [1.165, 1.54) is 34.8 Å². The van der Waals surface area contributed by atoms with Crippen molar-refractivity contribution in [2.45, 2.75) is 104 Å². The van der Waals surface area contributed by atoms with Gasteiger partial charge in [0.2, 0.25) is 0 Å². The monoisotopic (exact) mass is 500 g/mol. The van der Waals surface area contributed by atoms with Crippen LogP contribution in [0.5, 0.6) is 0 Å². The first kappa shape index (κ1) is 30.4. The van der Waals surface area contributed by atoms with Gasteiger partial charge in [0, 0.05) is 52.4 Å². The van der Waals surface area contributed by atoms with E-state index in [0.717, 1.165) is 19.3 Å². The fraction of sp³-hybridized carbons (Fsp3) is 0.800. The van der Waals surface area contributed by atoms with E-state index in [1.807, 2.05) is 0 Å². The molecule has 0 spiro atoms. The molecule has 1 rings (SSSR count). The minimum absolute atomic E-state index is 0.151. The topological polar surface area (TPSA) is 132 Å². The molecule has 5 unspecified atom stereocenters. The van der Waals surface area contributed by atoms with Gasteiger partial charge in [0.15, 0.2) is 0 Å². The molecule has 0 heterocycles. The van der Waals surface area contributed by atoms with E-state index in [9.17, 15) is 24.0 Å². The van der Waals surface area contributed by atoms with E-state index in [1.54, 1.807) is 0 Å². The van der Waals surface area contributed by atoms with Gasteiger partial charge in [-0.3, -0.25) is 24.0 Å². The van der Waals surface area contributed by atoms with Crippen LogP contribution in [0.4, 0.5) is 0 Å². The maximum Gasteiger partial charge on any atom is 0.305 e. The minimum Gasteiger partial charge on any atom is -0.469 e. The first-order valence-corrected chi connectivity index (χ1v) is 12.2. The zero-order valence-corrected chi connectivity index (χ0v) is 21.5. The van der Waals surface area contributed by atoms with Crippen LogP contribution >= 0.6 is 0 Å². The zero-order chi connectivity index (χ0) is 26.4. The Morgan fingerprint density at radius 3 is 1.86 bits per heavy atom. The van der Waals surface area contributed by atoms with E-state index >= 15 is 0 Å². The third kappa shape index (κ3) is 12.6. The molecule has 1 aliphatic carbocycles. The second kappa shape index (κ2) is 16.1. The van der Waals surface area contributed by atoms with Gasteiger partial charge in [-0.15, -0.1) is 0 Å². The second-order valence-electron chi connectivity index (χ2n) is 8.97. The molecule has 0 aromatic carbocycles. The number of rotatable bonds is 15. The normalized spacial score (nSPS) is 22.1. The molecule has 5 atom stereocenters. The lowest BCUT2D eigenvalue weighted by Gasteiger charge is -2.27. The van der Waals surface area contributed by atoms with Gasteiger partial charge in [-0.1, -0.05) is 0 Å². The highest BCUT2D eigenvalue weighted by molar-refractivity contribution is 5.69. The van der Waals surface area contributed by atoms with Crippen LogP contribution in [0.15, 0.2) is 0 Å².